The second kappa shape index (κ2) is 7.91. The van der Waals surface area contributed by atoms with E-state index in [1.807, 2.05) is 0 Å². The van der Waals surface area contributed by atoms with Crippen molar-refractivity contribution in [3.05, 3.63) is 73.5 Å². The number of benzene rings is 2. The summed E-state index contributed by atoms with van der Waals surface area (Å²) in [5, 5.41) is 26.3. The maximum absolute atomic E-state index is 15.4. The standard InChI is InChI=1S/C23H22Cl2FN3O4/c1-11(30)20-21(29(32)33)18(14-3-2-4-16(25)19(14)26)23(28(20)10-12-5-6-12)15-8-7-13(24)9-17(15)27-22(23)31/h2-4,7-9,11-12,18,20-21,30H,5-6,10H2,1H3,(H,27,31)/t11-,18-,20?,21-,23+/m0/s1. The van der Waals surface area contributed by atoms with Gasteiger partial charge in [-0.3, -0.25) is 19.8 Å². The summed E-state index contributed by atoms with van der Waals surface area (Å²) in [6.07, 6.45) is 0.702. The fourth-order valence-electron chi connectivity index (χ4n) is 5.73. The van der Waals surface area contributed by atoms with Crippen LogP contribution in [0, 0.1) is 21.8 Å². The van der Waals surface area contributed by atoms with E-state index in [4.69, 9.17) is 23.2 Å². The molecular formula is C23H22Cl2FN3O4. The number of anilines is 1. The van der Waals surface area contributed by atoms with E-state index in [-0.39, 0.29) is 16.5 Å². The van der Waals surface area contributed by atoms with Crippen LogP contribution < -0.4 is 5.32 Å². The average molecular weight is 494 g/mol. The first-order valence-corrected chi connectivity index (χ1v) is 11.6. The van der Waals surface area contributed by atoms with E-state index in [0.29, 0.717) is 22.8 Å². The molecule has 1 saturated carbocycles. The highest BCUT2D eigenvalue weighted by atomic mass is 35.5. The van der Waals surface area contributed by atoms with Crippen molar-refractivity contribution in [2.75, 3.05) is 11.9 Å². The summed E-state index contributed by atoms with van der Waals surface area (Å²) in [7, 11) is 0. The Morgan fingerprint density at radius 3 is 2.70 bits per heavy atom. The molecule has 10 heteroatoms. The molecule has 2 aliphatic heterocycles. The van der Waals surface area contributed by atoms with Gasteiger partial charge in [-0.1, -0.05) is 41.4 Å². The van der Waals surface area contributed by atoms with Gasteiger partial charge in [0.2, 0.25) is 6.04 Å². The lowest BCUT2D eigenvalue weighted by molar-refractivity contribution is -0.530. The highest BCUT2D eigenvalue weighted by Gasteiger charge is 2.72. The number of halogens is 3. The summed E-state index contributed by atoms with van der Waals surface area (Å²) in [4.78, 5) is 27.6. The van der Waals surface area contributed by atoms with Gasteiger partial charge in [0, 0.05) is 33.3 Å². The Morgan fingerprint density at radius 1 is 1.33 bits per heavy atom. The zero-order chi connectivity index (χ0) is 23.7. The zero-order valence-electron chi connectivity index (χ0n) is 17.7. The second-order valence-electron chi connectivity index (χ2n) is 9.13. The number of carbonyl (C=O) groups is 1. The predicted molar refractivity (Wildman–Crippen MR) is 122 cm³/mol. The molecule has 0 bridgehead atoms. The Morgan fingerprint density at radius 2 is 2.06 bits per heavy atom. The number of likely N-dealkylation sites (tertiary alicyclic amines) is 1. The molecule has 1 unspecified atom stereocenters. The Balaban J connectivity index is 1.85. The van der Waals surface area contributed by atoms with Crippen molar-refractivity contribution in [2.45, 2.75) is 49.4 Å². The highest BCUT2D eigenvalue weighted by Crippen LogP contribution is 2.59. The second-order valence-corrected chi connectivity index (χ2v) is 9.98. The lowest BCUT2D eigenvalue weighted by Gasteiger charge is -2.39. The van der Waals surface area contributed by atoms with Crippen LogP contribution >= 0.6 is 23.2 Å². The van der Waals surface area contributed by atoms with Crippen molar-refractivity contribution in [3.63, 3.8) is 0 Å². The zero-order valence-corrected chi connectivity index (χ0v) is 19.2. The van der Waals surface area contributed by atoms with Gasteiger partial charge in [-0.25, -0.2) is 4.39 Å². The van der Waals surface area contributed by atoms with Crippen molar-refractivity contribution in [2.24, 2.45) is 5.92 Å². The van der Waals surface area contributed by atoms with Gasteiger partial charge in [-0.15, -0.1) is 0 Å². The summed E-state index contributed by atoms with van der Waals surface area (Å²) in [6.45, 7) is 1.84. The van der Waals surface area contributed by atoms with Crippen LogP contribution in [0.15, 0.2) is 36.4 Å². The maximum Gasteiger partial charge on any atom is 0.250 e. The van der Waals surface area contributed by atoms with E-state index in [2.05, 4.69) is 5.32 Å². The quantitative estimate of drug-likeness (QED) is 0.480. The monoisotopic (exact) mass is 493 g/mol. The number of amides is 1. The van der Waals surface area contributed by atoms with Crippen molar-refractivity contribution >= 4 is 34.8 Å². The SMILES string of the molecule is C[C@H](O)C1[C@@H]([N+](=O)[O-])[C@H](c2cccc(Cl)c2F)[C@]2(C(=O)Nc3cc(Cl)ccc32)N1CC1CC1. The van der Waals surface area contributed by atoms with Crippen LogP contribution in [0.5, 0.6) is 0 Å². The average Bonchev–Trinajstić information content (AvgIpc) is 3.45. The van der Waals surface area contributed by atoms with Crippen molar-refractivity contribution < 1.29 is 19.2 Å². The molecule has 1 aliphatic carbocycles. The van der Waals surface area contributed by atoms with Gasteiger partial charge in [-0.05, 0) is 43.9 Å². The number of aliphatic hydroxyl groups excluding tert-OH is 1. The van der Waals surface area contributed by atoms with Crippen LogP contribution in [0.3, 0.4) is 0 Å². The maximum atomic E-state index is 15.4. The minimum absolute atomic E-state index is 0.0221. The molecule has 2 N–H and O–H groups in total. The van der Waals surface area contributed by atoms with Gasteiger partial charge in [0.25, 0.3) is 5.91 Å². The van der Waals surface area contributed by atoms with Crippen molar-refractivity contribution in [1.82, 2.24) is 4.90 Å². The van der Waals surface area contributed by atoms with E-state index in [1.165, 1.54) is 25.1 Å². The number of nitrogens with one attached hydrogen (secondary N) is 1. The molecule has 3 aliphatic rings. The van der Waals surface area contributed by atoms with E-state index >= 15 is 4.39 Å². The third-order valence-electron chi connectivity index (χ3n) is 7.15. The topological polar surface area (TPSA) is 95.7 Å². The number of carbonyl (C=O) groups excluding carboxylic acids is 1. The summed E-state index contributed by atoms with van der Waals surface area (Å²) in [5.74, 6) is -2.29. The summed E-state index contributed by atoms with van der Waals surface area (Å²) >= 11 is 12.2. The third kappa shape index (κ3) is 3.26. The number of hydrogen-bond donors (Lipinski definition) is 2. The molecular weight excluding hydrogens is 472 g/mol. The summed E-state index contributed by atoms with van der Waals surface area (Å²) < 4.78 is 15.4. The molecule has 0 radical (unpaired) electrons. The normalized spacial score (nSPS) is 29.8. The molecule has 5 atom stereocenters. The van der Waals surface area contributed by atoms with E-state index in [0.717, 1.165) is 12.8 Å². The molecule has 1 saturated heterocycles. The number of hydrogen-bond acceptors (Lipinski definition) is 5. The highest BCUT2D eigenvalue weighted by molar-refractivity contribution is 6.31. The molecule has 2 heterocycles. The van der Waals surface area contributed by atoms with E-state index in [9.17, 15) is 20.0 Å². The van der Waals surface area contributed by atoms with E-state index in [1.54, 1.807) is 23.1 Å². The summed E-state index contributed by atoms with van der Waals surface area (Å²) in [6, 6.07) is 6.70. The molecule has 33 heavy (non-hydrogen) atoms. The molecule has 2 aromatic carbocycles. The number of nitrogens with zero attached hydrogens (tertiary/aromatic N) is 2. The Hall–Kier alpha value is -2.26. The van der Waals surface area contributed by atoms with Crippen LogP contribution in [-0.2, 0) is 10.3 Å². The molecule has 1 spiro atoms. The molecule has 1 amide bonds. The molecule has 2 fully saturated rings. The van der Waals surface area contributed by atoms with E-state index < -0.39 is 46.3 Å². The van der Waals surface area contributed by atoms with Gasteiger partial charge in [0.15, 0.2) is 0 Å². The number of aliphatic hydroxyl groups is 1. The lowest BCUT2D eigenvalue weighted by Crippen LogP contribution is -2.54. The Kier molecular flexibility index (Phi) is 5.40. The fourth-order valence-corrected chi connectivity index (χ4v) is 6.09. The van der Waals surface area contributed by atoms with Crippen LogP contribution in [-0.4, -0.2) is 45.6 Å². The van der Waals surface area contributed by atoms with Gasteiger partial charge in [-0.2, -0.15) is 0 Å². The Labute approximate surface area is 199 Å². The van der Waals surface area contributed by atoms with Crippen LogP contribution in [0.1, 0.15) is 36.8 Å². The summed E-state index contributed by atoms with van der Waals surface area (Å²) in [5.41, 5.74) is -0.718. The third-order valence-corrected chi connectivity index (χ3v) is 7.67. The van der Waals surface area contributed by atoms with Crippen LogP contribution in [0.25, 0.3) is 0 Å². The molecule has 2 aromatic rings. The lowest BCUT2D eigenvalue weighted by atomic mass is 9.73. The fraction of sp³-hybridized carbons (Fsp3) is 0.435. The van der Waals surface area contributed by atoms with Crippen molar-refractivity contribution in [1.29, 1.82) is 0 Å². The van der Waals surface area contributed by atoms with Gasteiger partial charge in [0.1, 0.15) is 17.4 Å². The number of fused-ring (bicyclic) bond motifs is 2. The van der Waals surface area contributed by atoms with Gasteiger partial charge in [0.05, 0.1) is 17.0 Å². The minimum atomic E-state index is -1.60. The predicted octanol–water partition coefficient (Wildman–Crippen LogP) is 4.18. The number of rotatable bonds is 5. The first kappa shape index (κ1) is 22.5. The minimum Gasteiger partial charge on any atom is -0.392 e. The number of nitro groups is 1. The Bertz CT molecular complexity index is 1160. The first-order chi connectivity index (χ1) is 15.7. The van der Waals surface area contributed by atoms with Crippen molar-refractivity contribution in [3.8, 4) is 0 Å². The largest absolute Gasteiger partial charge is 0.392 e. The van der Waals surface area contributed by atoms with Crippen LogP contribution in [0.2, 0.25) is 10.0 Å². The van der Waals surface area contributed by atoms with Gasteiger partial charge < -0.3 is 10.4 Å². The molecule has 0 aromatic heterocycles. The van der Waals surface area contributed by atoms with Crippen LogP contribution in [0.4, 0.5) is 10.1 Å². The smallest absolute Gasteiger partial charge is 0.250 e. The van der Waals surface area contributed by atoms with Gasteiger partial charge >= 0.3 is 0 Å². The first-order valence-electron chi connectivity index (χ1n) is 10.8. The molecule has 174 valence electrons. The molecule has 5 rings (SSSR count). The molecule has 7 nitrogen and oxygen atoms in total.